The summed E-state index contributed by atoms with van der Waals surface area (Å²) < 4.78 is 1.82. The number of nitrogens with one attached hydrogen (secondary N) is 1. The molecule has 0 aromatic carbocycles. The Bertz CT molecular complexity index is 664. The molecule has 0 spiro atoms. The molecule has 1 amide bonds. The highest BCUT2D eigenvalue weighted by molar-refractivity contribution is 5.93. The molecule has 2 aliphatic rings. The fraction of sp³-hybridized carbons (Fsp3) is 0.438. The number of pyridine rings is 1. The summed E-state index contributed by atoms with van der Waals surface area (Å²) in [6.45, 7) is 0. The Kier molecular flexibility index (Phi) is 3.18. The highest BCUT2D eigenvalue weighted by atomic mass is 16.2. The molecule has 2 saturated carbocycles. The molecule has 2 aromatic heterocycles. The number of anilines is 1. The molecule has 2 bridgehead atoms. The standard InChI is InChI=1S/C16H19N5O/c17-15-11-2-1-10(7-11)14(15)16(22)20-12-3-4-13(19-8-12)21-6-5-18-9-21/h3-6,8-11,14-15H,1-2,7,17H2,(H,20,22). The summed E-state index contributed by atoms with van der Waals surface area (Å²) in [5.74, 6) is 1.75. The van der Waals surface area contributed by atoms with Gasteiger partial charge in [0.1, 0.15) is 12.1 Å². The molecular weight excluding hydrogens is 278 g/mol. The van der Waals surface area contributed by atoms with Crippen LogP contribution in [0.4, 0.5) is 5.69 Å². The zero-order chi connectivity index (χ0) is 15.1. The Hall–Kier alpha value is -2.21. The number of hydrogen-bond acceptors (Lipinski definition) is 4. The maximum absolute atomic E-state index is 12.5. The van der Waals surface area contributed by atoms with Crippen LogP contribution in [0.25, 0.3) is 5.82 Å². The molecule has 0 aliphatic heterocycles. The molecule has 0 saturated heterocycles. The predicted molar refractivity (Wildman–Crippen MR) is 82.3 cm³/mol. The smallest absolute Gasteiger partial charge is 0.229 e. The predicted octanol–water partition coefficient (Wildman–Crippen LogP) is 1.58. The first kappa shape index (κ1) is 13.5. The van der Waals surface area contributed by atoms with Gasteiger partial charge in [-0.2, -0.15) is 0 Å². The average Bonchev–Trinajstić information content (AvgIpc) is 3.25. The summed E-state index contributed by atoms with van der Waals surface area (Å²) in [6.07, 6.45) is 10.3. The molecule has 4 atom stereocenters. The topological polar surface area (TPSA) is 85.8 Å². The second-order valence-electron chi connectivity index (χ2n) is 6.30. The van der Waals surface area contributed by atoms with Gasteiger partial charge in [0.05, 0.1) is 17.8 Å². The summed E-state index contributed by atoms with van der Waals surface area (Å²) in [5, 5.41) is 2.97. The van der Waals surface area contributed by atoms with Gasteiger partial charge in [-0.15, -0.1) is 0 Å². The molecule has 22 heavy (non-hydrogen) atoms. The Balaban J connectivity index is 1.46. The highest BCUT2D eigenvalue weighted by Gasteiger charge is 2.49. The van der Waals surface area contributed by atoms with Crippen LogP contribution in [0.2, 0.25) is 0 Å². The molecule has 2 aromatic rings. The Labute approximate surface area is 128 Å². The number of hydrogen-bond donors (Lipinski definition) is 2. The van der Waals surface area contributed by atoms with Crippen LogP contribution in [-0.4, -0.2) is 26.5 Å². The molecule has 4 unspecified atom stereocenters. The zero-order valence-electron chi connectivity index (χ0n) is 12.2. The van der Waals surface area contributed by atoms with Gasteiger partial charge < -0.3 is 11.1 Å². The minimum atomic E-state index is -0.0490. The van der Waals surface area contributed by atoms with E-state index in [9.17, 15) is 4.79 Å². The maximum atomic E-state index is 12.5. The van der Waals surface area contributed by atoms with E-state index in [4.69, 9.17) is 5.73 Å². The third kappa shape index (κ3) is 2.20. The number of fused-ring (bicyclic) bond motifs is 2. The summed E-state index contributed by atoms with van der Waals surface area (Å²) in [7, 11) is 0. The summed E-state index contributed by atoms with van der Waals surface area (Å²) >= 11 is 0. The van der Waals surface area contributed by atoms with Crippen molar-refractivity contribution in [2.24, 2.45) is 23.5 Å². The molecule has 2 aliphatic carbocycles. The van der Waals surface area contributed by atoms with Crippen molar-refractivity contribution in [2.75, 3.05) is 5.32 Å². The fourth-order valence-corrected chi connectivity index (χ4v) is 3.96. The number of nitrogens with zero attached hydrogens (tertiary/aromatic N) is 3. The SMILES string of the molecule is NC1C2CCC(C2)C1C(=O)Nc1ccc(-n2ccnc2)nc1. The van der Waals surface area contributed by atoms with Crippen molar-refractivity contribution in [1.29, 1.82) is 0 Å². The van der Waals surface area contributed by atoms with Crippen LogP contribution in [0.15, 0.2) is 37.1 Å². The largest absolute Gasteiger partial charge is 0.327 e. The third-order valence-electron chi connectivity index (χ3n) is 5.07. The number of carbonyl (C=O) groups excluding carboxylic acids is 1. The number of nitrogens with two attached hydrogens (primary N) is 1. The van der Waals surface area contributed by atoms with Gasteiger partial charge in [0.2, 0.25) is 5.91 Å². The van der Waals surface area contributed by atoms with E-state index >= 15 is 0 Å². The van der Waals surface area contributed by atoms with Crippen molar-refractivity contribution in [3.05, 3.63) is 37.1 Å². The van der Waals surface area contributed by atoms with Crippen molar-refractivity contribution >= 4 is 11.6 Å². The van der Waals surface area contributed by atoms with Gasteiger partial charge >= 0.3 is 0 Å². The molecule has 4 rings (SSSR count). The van der Waals surface area contributed by atoms with Crippen LogP contribution in [0.3, 0.4) is 0 Å². The van der Waals surface area contributed by atoms with E-state index in [1.807, 2.05) is 22.9 Å². The quantitative estimate of drug-likeness (QED) is 0.900. The van der Waals surface area contributed by atoms with E-state index in [0.717, 1.165) is 18.7 Å². The second kappa shape index (κ2) is 5.21. The Morgan fingerprint density at radius 1 is 1.32 bits per heavy atom. The summed E-state index contributed by atoms with van der Waals surface area (Å²) in [4.78, 5) is 20.8. The molecule has 114 valence electrons. The lowest BCUT2D eigenvalue weighted by Crippen LogP contribution is -2.42. The van der Waals surface area contributed by atoms with Gasteiger partial charge in [-0.05, 0) is 43.2 Å². The minimum absolute atomic E-state index is 0.0110. The van der Waals surface area contributed by atoms with Gasteiger partial charge in [0.25, 0.3) is 0 Å². The van der Waals surface area contributed by atoms with Crippen LogP contribution in [0.5, 0.6) is 0 Å². The maximum Gasteiger partial charge on any atom is 0.229 e. The van der Waals surface area contributed by atoms with Crippen molar-refractivity contribution in [3.63, 3.8) is 0 Å². The minimum Gasteiger partial charge on any atom is -0.327 e. The monoisotopic (exact) mass is 297 g/mol. The van der Waals surface area contributed by atoms with Crippen molar-refractivity contribution in [1.82, 2.24) is 14.5 Å². The second-order valence-corrected chi connectivity index (χ2v) is 6.30. The Morgan fingerprint density at radius 3 is 2.82 bits per heavy atom. The number of imidazole rings is 1. The molecule has 2 fully saturated rings. The van der Waals surface area contributed by atoms with Gasteiger partial charge in [-0.3, -0.25) is 9.36 Å². The normalized spacial score (nSPS) is 29.7. The summed E-state index contributed by atoms with van der Waals surface area (Å²) in [6, 6.07) is 3.73. The van der Waals surface area contributed by atoms with E-state index in [2.05, 4.69) is 15.3 Å². The van der Waals surface area contributed by atoms with E-state index in [0.29, 0.717) is 17.5 Å². The van der Waals surface area contributed by atoms with Gasteiger partial charge in [-0.25, -0.2) is 9.97 Å². The van der Waals surface area contributed by atoms with Crippen LogP contribution in [-0.2, 0) is 4.79 Å². The van der Waals surface area contributed by atoms with Crippen molar-refractivity contribution in [3.8, 4) is 5.82 Å². The van der Waals surface area contributed by atoms with Crippen LogP contribution in [0, 0.1) is 17.8 Å². The Morgan fingerprint density at radius 2 is 2.18 bits per heavy atom. The van der Waals surface area contributed by atoms with Gasteiger partial charge in [-0.1, -0.05) is 0 Å². The van der Waals surface area contributed by atoms with Gasteiger partial charge in [0.15, 0.2) is 0 Å². The molecule has 0 radical (unpaired) electrons. The number of rotatable bonds is 3. The highest BCUT2D eigenvalue weighted by Crippen LogP contribution is 2.47. The van der Waals surface area contributed by atoms with E-state index in [1.165, 1.54) is 6.42 Å². The lowest BCUT2D eigenvalue weighted by atomic mass is 9.84. The summed E-state index contributed by atoms with van der Waals surface area (Å²) in [5.41, 5.74) is 6.93. The zero-order valence-corrected chi connectivity index (χ0v) is 12.2. The fourth-order valence-electron chi connectivity index (χ4n) is 3.96. The van der Waals surface area contributed by atoms with Crippen LogP contribution in [0.1, 0.15) is 19.3 Å². The molecule has 2 heterocycles. The van der Waals surface area contributed by atoms with E-state index in [1.54, 1.807) is 18.7 Å². The van der Waals surface area contributed by atoms with Gasteiger partial charge in [0, 0.05) is 18.4 Å². The van der Waals surface area contributed by atoms with Crippen LogP contribution >= 0.6 is 0 Å². The number of carbonyl (C=O) groups is 1. The van der Waals surface area contributed by atoms with E-state index < -0.39 is 0 Å². The van der Waals surface area contributed by atoms with Crippen LogP contribution < -0.4 is 11.1 Å². The molecule has 3 N–H and O–H groups in total. The lowest BCUT2D eigenvalue weighted by molar-refractivity contribution is -0.121. The first-order chi connectivity index (χ1) is 10.7. The van der Waals surface area contributed by atoms with Crippen molar-refractivity contribution < 1.29 is 4.79 Å². The molecular formula is C16H19N5O. The number of amides is 1. The third-order valence-corrected chi connectivity index (χ3v) is 5.07. The first-order valence-electron chi connectivity index (χ1n) is 7.73. The van der Waals surface area contributed by atoms with E-state index in [-0.39, 0.29) is 17.9 Å². The lowest BCUT2D eigenvalue weighted by Gasteiger charge is -2.26. The first-order valence-corrected chi connectivity index (χ1v) is 7.73. The molecule has 6 heteroatoms. The van der Waals surface area contributed by atoms with Crippen molar-refractivity contribution in [2.45, 2.75) is 25.3 Å². The molecule has 6 nitrogen and oxygen atoms in total. The average molecular weight is 297 g/mol. The number of aromatic nitrogens is 3.